The van der Waals surface area contributed by atoms with Gasteiger partial charge in [0.25, 0.3) is 0 Å². The minimum atomic E-state index is 0.726. The molecule has 0 aliphatic carbocycles. The van der Waals surface area contributed by atoms with Crippen molar-refractivity contribution in [2.75, 3.05) is 6.61 Å². The lowest BCUT2D eigenvalue weighted by molar-refractivity contribution is 0.301. The Kier molecular flexibility index (Phi) is 5.30. The second kappa shape index (κ2) is 7.82. The van der Waals surface area contributed by atoms with Gasteiger partial charge >= 0.3 is 0 Å². The minimum absolute atomic E-state index is 0.726. The molecule has 3 heteroatoms. The smallest absolute Gasteiger partial charge is 0.119 e. The summed E-state index contributed by atoms with van der Waals surface area (Å²) in [5.74, 6) is 2.14. The molecule has 120 valence electrons. The second-order valence-electron chi connectivity index (χ2n) is 5.79. The van der Waals surface area contributed by atoms with E-state index in [0.717, 1.165) is 37.3 Å². The van der Waals surface area contributed by atoms with Crippen LogP contribution in [-0.2, 0) is 13.0 Å². The maximum Gasteiger partial charge on any atom is 0.119 e. The molecule has 0 spiro atoms. The first-order chi connectivity index (χ1) is 11.4. The van der Waals surface area contributed by atoms with Crippen LogP contribution in [0.25, 0.3) is 11.0 Å². The maximum atomic E-state index is 5.80. The van der Waals surface area contributed by atoms with E-state index in [2.05, 4.69) is 35.8 Å². The highest BCUT2D eigenvalue weighted by molar-refractivity contribution is 5.75. The Balaban J connectivity index is 1.66. The first kappa shape index (κ1) is 15.6. The van der Waals surface area contributed by atoms with Crippen molar-refractivity contribution < 1.29 is 4.74 Å². The van der Waals surface area contributed by atoms with E-state index in [4.69, 9.17) is 9.72 Å². The highest BCUT2D eigenvalue weighted by atomic mass is 16.5. The number of imidazole rings is 1. The van der Waals surface area contributed by atoms with Crippen LogP contribution in [0.3, 0.4) is 0 Å². The van der Waals surface area contributed by atoms with Gasteiger partial charge in [0.1, 0.15) is 11.6 Å². The van der Waals surface area contributed by atoms with E-state index in [9.17, 15) is 0 Å². The zero-order valence-corrected chi connectivity index (χ0v) is 13.7. The number of hydrogen-bond donors (Lipinski definition) is 0. The largest absolute Gasteiger partial charge is 0.494 e. The van der Waals surface area contributed by atoms with Gasteiger partial charge in [-0.1, -0.05) is 43.7 Å². The first-order valence-corrected chi connectivity index (χ1v) is 8.50. The van der Waals surface area contributed by atoms with Gasteiger partial charge in [0.05, 0.1) is 17.6 Å². The summed E-state index contributed by atoms with van der Waals surface area (Å²) in [4.78, 5) is 4.81. The quantitative estimate of drug-likeness (QED) is 0.556. The van der Waals surface area contributed by atoms with Crippen molar-refractivity contribution in [2.24, 2.45) is 0 Å². The van der Waals surface area contributed by atoms with Crippen molar-refractivity contribution in [1.82, 2.24) is 9.55 Å². The molecule has 3 nitrogen and oxygen atoms in total. The van der Waals surface area contributed by atoms with Gasteiger partial charge in [-0.25, -0.2) is 4.98 Å². The number of nitrogens with zero attached hydrogens (tertiary/aromatic N) is 2. The third-order valence-electron chi connectivity index (χ3n) is 4.03. The van der Waals surface area contributed by atoms with Crippen LogP contribution in [0.2, 0.25) is 0 Å². The predicted molar refractivity (Wildman–Crippen MR) is 94.9 cm³/mol. The number of ether oxygens (including phenoxy) is 1. The lowest BCUT2D eigenvalue weighted by Crippen LogP contribution is -2.08. The molecule has 0 bridgehead atoms. The summed E-state index contributed by atoms with van der Waals surface area (Å²) in [6.45, 7) is 3.90. The molecule has 0 saturated heterocycles. The Morgan fingerprint density at radius 1 is 0.957 bits per heavy atom. The van der Waals surface area contributed by atoms with Crippen LogP contribution in [-0.4, -0.2) is 16.2 Å². The van der Waals surface area contributed by atoms with Crippen molar-refractivity contribution in [3.63, 3.8) is 0 Å². The molecule has 23 heavy (non-hydrogen) atoms. The number of benzene rings is 2. The molecule has 0 radical (unpaired) electrons. The van der Waals surface area contributed by atoms with E-state index in [-0.39, 0.29) is 0 Å². The molecule has 0 fully saturated rings. The highest BCUT2D eigenvalue weighted by Gasteiger charge is 2.09. The summed E-state index contributed by atoms with van der Waals surface area (Å²) in [5, 5.41) is 0. The third-order valence-corrected chi connectivity index (χ3v) is 4.03. The third kappa shape index (κ3) is 3.92. The molecule has 0 atom stereocenters. The fraction of sp³-hybridized carbons (Fsp3) is 0.350. The van der Waals surface area contributed by atoms with Crippen molar-refractivity contribution >= 4 is 11.0 Å². The number of para-hydroxylation sites is 3. The molecule has 1 heterocycles. The fourth-order valence-electron chi connectivity index (χ4n) is 2.83. The Hall–Kier alpha value is -2.29. The van der Waals surface area contributed by atoms with Gasteiger partial charge in [0.2, 0.25) is 0 Å². The van der Waals surface area contributed by atoms with Crippen LogP contribution in [0.1, 0.15) is 32.0 Å². The highest BCUT2D eigenvalue weighted by Crippen LogP contribution is 2.18. The van der Waals surface area contributed by atoms with E-state index in [1.165, 1.54) is 24.2 Å². The number of aryl methyl sites for hydroxylation is 2. The lowest BCUT2D eigenvalue weighted by Gasteiger charge is -2.10. The van der Waals surface area contributed by atoms with Gasteiger partial charge < -0.3 is 9.30 Å². The van der Waals surface area contributed by atoms with Crippen LogP contribution in [0, 0.1) is 0 Å². The SMILES string of the molecule is CCCCc1nc2ccccc2n1CCCOc1ccccc1. The van der Waals surface area contributed by atoms with E-state index < -0.39 is 0 Å². The Morgan fingerprint density at radius 3 is 2.57 bits per heavy atom. The van der Waals surface area contributed by atoms with E-state index in [1.807, 2.05) is 30.3 Å². The molecule has 3 rings (SSSR count). The molecule has 0 saturated carbocycles. The molecule has 2 aromatic carbocycles. The number of aromatic nitrogens is 2. The number of fused-ring (bicyclic) bond motifs is 1. The summed E-state index contributed by atoms with van der Waals surface area (Å²) in [5.41, 5.74) is 2.33. The molecule has 0 aliphatic rings. The van der Waals surface area contributed by atoms with Crippen LogP contribution >= 0.6 is 0 Å². The number of rotatable bonds is 8. The predicted octanol–water partition coefficient (Wildman–Crippen LogP) is 4.85. The second-order valence-corrected chi connectivity index (χ2v) is 5.79. The molecular weight excluding hydrogens is 284 g/mol. The van der Waals surface area contributed by atoms with Crippen molar-refractivity contribution in [3.8, 4) is 5.75 Å². The number of unbranched alkanes of at least 4 members (excludes halogenated alkanes) is 1. The topological polar surface area (TPSA) is 27.1 Å². The zero-order valence-electron chi connectivity index (χ0n) is 13.7. The van der Waals surface area contributed by atoms with Crippen LogP contribution in [0.5, 0.6) is 5.75 Å². The van der Waals surface area contributed by atoms with Crippen LogP contribution in [0.15, 0.2) is 54.6 Å². The zero-order chi connectivity index (χ0) is 15.9. The number of hydrogen-bond acceptors (Lipinski definition) is 2. The molecule has 1 aromatic heterocycles. The van der Waals surface area contributed by atoms with Gasteiger partial charge in [0, 0.05) is 13.0 Å². The summed E-state index contributed by atoms with van der Waals surface area (Å²) in [6, 6.07) is 18.4. The van der Waals surface area contributed by atoms with E-state index >= 15 is 0 Å². The molecule has 0 amide bonds. The molecular formula is C20H24N2O. The molecule has 0 N–H and O–H groups in total. The van der Waals surface area contributed by atoms with Crippen LogP contribution in [0.4, 0.5) is 0 Å². The van der Waals surface area contributed by atoms with Gasteiger partial charge in [-0.3, -0.25) is 0 Å². The first-order valence-electron chi connectivity index (χ1n) is 8.50. The minimum Gasteiger partial charge on any atom is -0.494 e. The Labute approximate surface area is 137 Å². The molecule has 0 unspecified atom stereocenters. The average molecular weight is 308 g/mol. The van der Waals surface area contributed by atoms with Crippen molar-refractivity contribution in [2.45, 2.75) is 39.2 Å². The van der Waals surface area contributed by atoms with Crippen molar-refractivity contribution in [1.29, 1.82) is 0 Å². The average Bonchev–Trinajstić information content (AvgIpc) is 2.95. The molecule has 0 aliphatic heterocycles. The van der Waals surface area contributed by atoms with Crippen molar-refractivity contribution in [3.05, 3.63) is 60.4 Å². The summed E-state index contributed by atoms with van der Waals surface area (Å²) in [7, 11) is 0. The van der Waals surface area contributed by atoms with Gasteiger partial charge in [-0.2, -0.15) is 0 Å². The van der Waals surface area contributed by atoms with Crippen LogP contribution < -0.4 is 4.74 Å². The Bertz CT molecular complexity index is 734. The molecule has 3 aromatic rings. The van der Waals surface area contributed by atoms with Gasteiger partial charge in [-0.05, 0) is 37.1 Å². The lowest BCUT2D eigenvalue weighted by atomic mass is 10.2. The van der Waals surface area contributed by atoms with Gasteiger partial charge in [-0.15, -0.1) is 0 Å². The van der Waals surface area contributed by atoms with E-state index in [0.29, 0.717) is 0 Å². The van der Waals surface area contributed by atoms with E-state index in [1.54, 1.807) is 0 Å². The fourth-order valence-corrected chi connectivity index (χ4v) is 2.83. The summed E-state index contributed by atoms with van der Waals surface area (Å²) >= 11 is 0. The summed E-state index contributed by atoms with van der Waals surface area (Å²) in [6.07, 6.45) is 4.41. The normalized spacial score (nSPS) is 11.0. The van der Waals surface area contributed by atoms with Gasteiger partial charge in [0.15, 0.2) is 0 Å². The maximum absolute atomic E-state index is 5.80. The monoisotopic (exact) mass is 308 g/mol. The summed E-state index contributed by atoms with van der Waals surface area (Å²) < 4.78 is 8.16. The Morgan fingerprint density at radius 2 is 1.74 bits per heavy atom. The standard InChI is InChI=1S/C20H24N2O/c1-2-3-14-20-21-18-12-7-8-13-19(18)22(20)15-9-16-23-17-10-5-4-6-11-17/h4-8,10-13H,2-3,9,14-16H2,1H3.